The monoisotopic (exact) mass is 377 g/mol. The van der Waals surface area contributed by atoms with Gasteiger partial charge >= 0.3 is 5.97 Å². The van der Waals surface area contributed by atoms with Crippen LogP contribution in [0.1, 0.15) is 20.3 Å². The largest absolute Gasteiger partial charge is 0.482 e. The van der Waals surface area contributed by atoms with Gasteiger partial charge in [0.25, 0.3) is 5.91 Å². The van der Waals surface area contributed by atoms with Gasteiger partial charge in [-0.15, -0.1) is 0 Å². The van der Waals surface area contributed by atoms with Crippen LogP contribution in [0.25, 0.3) is 0 Å². The molecule has 1 aliphatic rings. The normalized spacial score (nSPS) is 14.0. The van der Waals surface area contributed by atoms with Crippen LogP contribution in [0.3, 0.4) is 0 Å². The lowest BCUT2D eigenvalue weighted by Crippen LogP contribution is -2.48. The summed E-state index contributed by atoms with van der Waals surface area (Å²) in [6.45, 7) is 2.97. The summed E-state index contributed by atoms with van der Waals surface area (Å²) in [7, 11) is 0. The number of para-hydroxylation sites is 2. The van der Waals surface area contributed by atoms with Gasteiger partial charge in [0, 0.05) is 33.0 Å². The maximum atomic E-state index is 12.6. The fourth-order valence-corrected chi connectivity index (χ4v) is 2.77. The number of amides is 3. The van der Waals surface area contributed by atoms with Crippen LogP contribution in [0.5, 0.6) is 5.75 Å². The molecule has 0 radical (unpaired) electrons. The minimum atomic E-state index is -1.14. The summed E-state index contributed by atoms with van der Waals surface area (Å²) >= 11 is 0. The summed E-state index contributed by atoms with van der Waals surface area (Å²) in [6.07, 6.45) is -0.0439. The van der Waals surface area contributed by atoms with Crippen molar-refractivity contribution >= 4 is 29.4 Å². The minimum Gasteiger partial charge on any atom is -0.482 e. The van der Waals surface area contributed by atoms with Gasteiger partial charge in [-0.3, -0.25) is 14.4 Å². The number of anilines is 1. The van der Waals surface area contributed by atoms with Crippen molar-refractivity contribution in [2.45, 2.75) is 26.3 Å². The van der Waals surface area contributed by atoms with E-state index in [1.165, 1.54) is 23.6 Å². The fraction of sp³-hybridized carbons (Fsp3) is 0.444. The SMILES string of the molecule is CC(=O)NCCN(C(=O)CCN1C(=O)COc2ccccc21)C(C)C(=O)O. The number of fused-ring (bicyclic) bond motifs is 1. The van der Waals surface area contributed by atoms with E-state index >= 15 is 0 Å². The molecule has 1 aromatic rings. The standard InChI is InChI=1S/C18H23N3O6/c1-12(18(25)26)20(10-8-19-13(2)22)16(23)7-9-21-14-5-3-4-6-15(14)27-11-17(21)24/h3-6,12H,7-11H2,1-2H3,(H,19,22)(H,25,26). The zero-order valence-corrected chi connectivity index (χ0v) is 15.3. The lowest BCUT2D eigenvalue weighted by Gasteiger charge is -2.31. The first-order valence-electron chi connectivity index (χ1n) is 8.60. The van der Waals surface area contributed by atoms with Gasteiger partial charge in [0.2, 0.25) is 11.8 Å². The predicted molar refractivity (Wildman–Crippen MR) is 96.4 cm³/mol. The smallest absolute Gasteiger partial charge is 0.326 e. The zero-order chi connectivity index (χ0) is 20.0. The quantitative estimate of drug-likeness (QED) is 0.670. The Morgan fingerprint density at radius 1 is 1.33 bits per heavy atom. The van der Waals surface area contributed by atoms with E-state index in [9.17, 15) is 24.3 Å². The molecule has 146 valence electrons. The van der Waals surface area contributed by atoms with Crippen LogP contribution in [0.15, 0.2) is 24.3 Å². The fourth-order valence-electron chi connectivity index (χ4n) is 2.77. The molecule has 0 saturated carbocycles. The number of rotatable bonds is 8. The maximum Gasteiger partial charge on any atom is 0.326 e. The molecule has 1 aromatic carbocycles. The van der Waals surface area contributed by atoms with E-state index < -0.39 is 17.9 Å². The van der Waals surface area contributed by atoms with Gasteiger partial charge in [-0.25, -0.2) is 4.79 Å². The Kier molecular flexibility index (Phi) is 6.75. The zero-order valence-electron chi connectivity index (χ0n) is 15.3. The van der Waals surface area contributed by atoms with Gasteiger partial charge in [0.15, 0.2) is 6.61 Å². The second-order valence-corrected chi connectivity index (χ2v) is 6.14. The summed E-state index contributed by atoms with van der Waals surface area (Å²) in [5, 5.41) is 11.8. The van der Waals surface area contributed by atoms with Crippen molar-refractivity contribution in [2.24, 2.45) is 0 Å². The molecule has 27 heavy (non-hydrogen) atoms. The average Bonchev–Trinajstić information content (AvgIpc) is 2.63. The Balaban J connectivity index is 2.05. The van der Waals surface area contributed by atoms with Crippen LogP contribution in [0.2, 0.25) is 0 Å². The second-order valence-electron chi connectivity index (χ2n) is 6.14. The molecule has 3 amide bonds. The Morgan fingerprint density at radius 3 is 2.70 bits per heavy atom. The van der Waals surface area contributed by atoms with Crippen molar-refractivity contribution in [1.82, 2.24) is 10.2 Å². The highest BCUT2D eigenvalue weighted by molar-refractivity contribution is 5.98. The molecule has 2 N–H and O–H groups in total. The summed E-state index contributed by atoms with van der Waals surface area (Å²) in [5.74, 6) is -1.52. The summed E-state index contributed by atoms with van der Waals surface area (Å²) in [4.78, 5) is 49.7. The number of aliphatic carboxylic acids is 1. The first kappa shape index (κ1) is 20.2. The first-order chi connectivity index (χ1) is 12.8. The number of nitrogens with zero attached hydrogens (tertiary/aromatic N) is 2. The number of hydrogen-bond donors (Lipinski definition) is 2. The highest BCUT2D eigenvalue weighted by atomic mass is 16.5. The number of hydrogen-bond acceptors (Lipinski definition) is 5. The Bertz CT molecular complexity index is 736. The van der Waals surface area contributed by atoms with Gasteiger partial charge in [-0.2, -0.15) is 0 Å². The summed E-state index contributed by atoms with van der Waals surface area (Å²) in [5.41, 5.74) is 0.581. The second kappa shape index (κ2) is 9.02. The third kappa shape index (κ3) is 5.19. The van der Waals surface area contributed by atoms with E-state index in [1.54, 1.807) is 24.3 Å². The van der Waals surface area contributed by atoms with E-state index in [1.807, 2.05) is 0 Å². The number of carbonyl (C=O) groups is 4. The molecule has 0 saturated heterocycles. The van der Waals surface area contributed by atoms with Crippen LogP contribution in [-0.2, 0) is 19.2 Å². The number of nitrogens with one attached hydrogen (secondary N) is 1. The molecular formula is C18H23N3O6. The van der Waals surface area contributed by atoms with Crippen molar-refractivity contribution < 1.29 is 29.0 Å². The number of carboxylic acid groups (broad SMARTS) is 1. The highest BCUT2D eigenvalue weighted by Gasteiger charge is 2.29. The molecule has 9 heteroatoms. The van der Waals surface area contributed by atoms with Gasteiger partial charge in [0.1, 0.15) is 11.8 Å². The molecule has 2 rings (SSSR count). The van der Waals surface area contributed by atoms with Gasteiger partial charge < -0.3 is 25.0 Å². The van der Waals surface area contributed by atoms with Crippen LogP contribution >= 0.6 is 0 Å². The lowest BCUT2D eigenvalue weighted by molar-refractivity contribution is -0.149. The topological polar surface area (TPSA) is 116 Å². The van der Waals surface area contributed by atoms with E-state index in [0.717, 1.165) is 0 Å². The van der Waals surface area contributed by atoms with Crippen molar-refractivity contribution in [2.75, 3.05) is 31.1 Å². The first-order valence-corrected chi connectivity index (χ1v) is 8.60. The van der Waals surface area contributed by atoms with E-state index in [-0.39, 0.29) is 44.5 Å². The highest BCUT2D eigenvalue weighted by Crippen LogP contribution is 2.31. The molecule has 1 aliphatic heterocycles. The van der Waals surface area contributed by atoms with E-state index in [2.05, 4.69) is 5.32 Å². The molecule has 1 heterocycles. The Labute approximate surface area is 156 Å². The Morgan fingerprint density at radius 2 is 2.04 bits per heavy atom. The third-order valence-electron chi connectivity index (χ3n) is 4.23. The molecule has 0 aromatic heterocycles. The molecule has 0 bridgehead atoms. The molecule has 1 atom stereocenters. The molecule has 0 spiro atoms. The van der Waals surface area contributed by atoms with Crippen LogP contribution in [0, 0.1) is 0 Å². The van der Waals surface area contributed by atoms with Crippen molar-refractivity contribution in [3.8, 4) is 5.75 Å². The number of ether oxygens (including phenoxy) is 1. The van der Waals surface area contributed by atoms with Crippen LogP contribution < -0.4 is 15.0 Å². The Hall–Kier alpha value is -3.10. The molecule has 0 aliphatic carbocycles. The minimum absolute atomic E-state index is 0.0439. The molecular weight excluding hydrogens is 354 g/mol. The lowest BCUT2D eigenvalue weighted by atomic mass is 10.2. The number of benzene rings is 1. The van der Waals surface area contributed by atoms with E-state index in [4.69, 9.17) is 4.74 Å². The van der Waals surface area contributed by atoms with Crippen LogP contribution in [-0.4, -0.2) is 66.0 Å². The van der Waals surface area contributed by atoms with Gasteiger partial charge in [0.05, 0.1) is 5.69 Å². The van der Waals surface area contributed by atoms with Crippen molar-refractivity contribution in [3.63, 3.8) is 0 Å². The van der Waals surface area contributed by atoms with E-state index in [0.29, 0.717) is 11.4 Å². The molecule has 1 unspecified atom stereocenters. The third-order valence-corrected chi connectivity index (χ3v) is 4.23. The van der Waals surface area contributed by atoms with Crippen molar-refractivity contribution in [1.29, 1.82) is 0 Å². The van der Waals surface area contributed by atoms with Gasteiger partial charge in [-0.05, 0) is 19.1 Å². The summed E-state index contributed by atoms with van der Waals surface area (Å²) in [6, 6.07) is 5.98. The van der Waals surface area contributed by atoms with Gasteiger partial charge in [-0.1, -0.05) is 12.1 Å². The molecule has 0 fully saturated rings. The maximum absolute atomic E-state index is 12.6. The molecule has 9 nitrogen and oxygen atoms in total. The average molecular weight is 377 g/mol. The number of carboxylic acids is 1. The van der Waals surface area contributed by atoms with Crippen LogP contribution in [0.4, 0.5) is 5.69 Å². The number of carbonyl (C=O) groups excluding carboxylic acids is 3. The summed E-state index contributed by atoms with van der Waals surface area (Å²) < 4.78 is 5.36. The van der Waals surface area contributed by atoms with Crippen molar-refractivity contribution in [3.05, 3.63) is 24.3 Å². The predicted octanol–water partition coefficient (Wildman–Crippen LogP) is 0.240.